The standard InChI is InChI=1S/C114H78B2N6/c1-11-41-79(42-12-1)91-61-31-35-69-101(91)119-105-78-106-100(77-99(105)115-97-67-33-37-71-103(97)121(113-93(81-45-15-3-16-46-81)63-39-64-94(113)82-47-17-4-18-48-82)109-75-89(73-107(119)111(109)115)117(85-53-23-7-24-54-85)86-55-25-8-26-56-86)116-98-68-34-38-72-104(98)122(114-95(83-49-19-5-20-50-83)65-40-66-96(114)84-51-21-6-22-52-84)110-76-90(118(87-57-27-9-28-58-87)88-59-29-10-30-60-88)74-108(112(110)116)120(106)102-70-36-32-62-92(102)80-43-13-2-14-44-80/h1-78H. The van der Waals surface area contributed by atoms with E-state index in [0.29, 0.717) is 0 Å². The van der Waals surface area contributed by atoms with E-state index in [2.05, 4.69) is 503 Å². The number of hydrogen-bond donors (Lipinski definition) is 0. The maximum Gasteiger partial charge on any atom is 0.252 e. The van der Waals surface area contributed by atoms with Crippen molar-refractivity contribution in [3.63, 3.8) is 0 Å². The maximum absolute atomic E-state index is 2.69. The summed E-state index contributed by atoms with van der Waals surface area (Å²) >= 11 is 0. The summed E-state index contributed by atoms with van der Waals surface area (Å²) in [4.78, 5) is 15.6. The van der Waals surface area contributed by atoms with Gasteiger partial charge in [0.2, 0.25) is 0 Å². The number of nitrogens with zero attached hydrogens (tertiary/aromatic N) is 6. The van der Waals surface area contributed by atoms with Crippen LogP contribution in [-0.4, -0.2) is 13.4 Å². The van der Waals surface area contributed by atoms with E-state index in [1.165, 1.54) is 32.8 Å². The molecule has 4 aliphatic heterocycles. The lowest BCUT2D eigenvalue weighted by atomic mass is 9.30. The molecule has 19 aromatic carbocycles. The Labute approximate surface area is 713 Å². The van der Waals surface area contributed by atoms with Gasteiger partial charge >= 0.3 is 0 Å². The fourth-order valence-electron chi connectivity index (χ4n) is 19.9. The summed E-state index contributed by atoms with van der Waals surface area (Å²) in [6.07, 6.45) is 0. The predicted octanol–water partition coefficient (Wildman–Crippen LogP) is 26.8. The largest absolute Gasteiger partial charge is 0.311 e. The molecule has 0 bridgehead atoms. The zero-order valence-corrected chi connectivity index (χ0v) is 66.9. The number of para-hydroxylation sites is 10. The summed E-state index contributed by atoms with van der Waals surface area (Å²) in [7, 11) is 0. The molecule has 0 fully saturated rings. The van der Waals surface area contributed by atoms with Crippen LogP contribution >= 0.6 is 0 Å². The van der Waals surface area contributed by atoms with Crippen molar-refractivity contribution in [2.45, 2.75) is 0 Å². The topological polar surface area (TPSA) is 19.4 Å². The van der Waals surface area contributed by atoms with E-state index < -0.39 is 0 Å². The summed E-state index contributed by atoms with van der Waals surface area (Å²) in [5.41, 5.74) is 39.7. The fraction of sp³-hybridized carbons (Fsp3) is 0. The molecule has 19 aromatic rings. The van der Waals surface area contributed by atoms with Gasteiger partial charge < -0.3 is 29.4 Å². The average Bonchev–Trinajstić information content (AvgIpc) is 0.677. The van der Waals surface area contributed by atoms with Crippen molar-refractivity contribution in [1.29, 1.82) is 0 Å². The van der Waals surface area contributed by atoms with E-state index >= 15 is 0 Å². The van der Waals surface area contributed by atoms with Gasteiger partial charge in [-0.15, -0.1) is 0 Å². The summed E-state index contributed by atoms with van der Waals surface area (Å²) in [5.74, 6) is 0. The molecule has 4 heterocycles. The lowest BCUT2D eigenvalue weighted by molar-refractivity contribution is 1.21. The van der Waals surface area contributed by atoms with Crippen LogP contribution in [0.15, 0.2) is 473 Å². The SMILES string of the molecule is c1ccc(-c2ccccc2N2c3cc4c(cc3B3c5ccccc5N(c5c(-c6ccccc6)cccc5-c5ccccc5)c5cc(N(c6ccccc6)c6ccccc6)cc2c53)B2c3ccccc3N(c3c(-c5ccccc5)cccc3-c3ccccc3)c3cc(N(c5ccccc5)c5ccccc5)cc(c32)N4c2ccccc2-c2ccccc2)cc1. The first kappa shape index (κ1) is 71.4. The van der Waals surface area contributed by atoms with Gasteiger partial charge in [0.1, 0.15) is 0 Å². The van der Waals surface area contributed by atoms with Gasteiger partial charge in [-0.25, -0.2) is 0 Å². The molecule has 0 N–H and O–H groups in total. The van der Waals surface area contributed by atoms with Crippen molar-refractivity contribution in [3.05, 3.63) is 473 Å². The van der Waals surface area contributed by atoms with Crippen LogP contribution in [0.4, 0.5) is 102 Å². The number of hydrogen-bond acceptors (Lipinski definition) is 6. The van der Waals surface area contributed by atoms with Gasteiger partial charge in [0.05, 0.1) is 34.1 Å². The molecule has 0 unspecified atom stereocenters. The van der Waals surface area contributed by atoms with Crippen molar-refractivity contribution in [2.75, 3.05) is 29.4 Å². The molecule has 122 heavy (non-hydrogen) atoms. The van der Waals surface area contributed by atoms with E-state index in [0.717, 1.165) is 169 Å². The smallest absolute Gasteiger partial charge is 0.252 e. The minimum Gasteiger partial charge on any atom is -0.311 e. The van der Waals surface area contributed by atoms with Gasteiger partial charge in [-0.05, 0) is 169 Å². The summed E-state index contributed by atoms with van der Waals surface area (Å²) in [5, 5.41) is 0. The van der Waals surface area contributed by atoms with Gasteiger partial charge in [-0.1, -0.05) is 370 Å². The Bertz CT molecular complexity index is 6530. The Hall–Kier alpha value is -15.9. The lowest BCUT2D eigenvalue weighted by Gasteiger charge is -2.48. The van der Waals surface area contributed by atoms with Crippen LogP contribution in [0.25, 0.3) is 66.8 Å². The van der Waals surface area contributed by atoms with Crippen LogP contribution in [-0.2, 0) is 0 Å². The van der Waals surface area contributed by atoms with Gasteiger partial charge in [0.25, 0.3) is 13.4 Å². The molecule has 4 aliphatic rings. The summed E-state index contributed by atoms with van der Waals surface area (Å²) in [6.45, 7) is -0.680. The molecule has 0 saturated carbocycles. The zero-order valence-electron chi connectivity index (χ0n) is 66.9. The average molecular weight is 1550 g/mol. The molecule has 0 amide bonds. The highest BCUT2D eigenvalue weighted by Gasteiger charge is 2.50. The van der Waals surface area contributed by atoms with Crippen LogP contribution < -0.4 is 62.2 Å². The second-order valence-corrected chi connectivity index (χ2v) is 31.7. The number of benzene rings is 19. The Morgan fingerprint density at radius 3 is 0.672 bits per heavy atom. The second-order valence-electron chi connectivity index (χ2n) is 31.7. The van der Waals surface area contributed by atoms with Crippen molar-refractivity contribution in [1.82, 2.24) is 0 Å². The van der Waals surface area contributed by atoms with Gasteiger partial charge in [0.15, 0.2) is 0 Å². The minimum absolute atomic E-state index is 0.340. The Morgan fingerprint density at radius 1 is 0.148 bits per heavy atom. The Balaban J connectivity index is 0.890. The molecule has 0 spiro atoms. The number of fused-ring (bicyclic) bond motifs is 8. The van der Waals surface area contributed by atoms with Gasteiger partial charge in [-0.2, -0.15) is 0 Å². The quantitative estimate of drug-likeness (QED) is 0.0892. The first-order valence-electron chi connectivity index (χ1n) is 42.1. The lowest BCUT2D eigenvalue weighted by Crippen LogP contribution is -2.65. The Kier molecular flexibility index (Phi) is 17.7. The highest BCUT2D eigenvalue weighted by atomic mass is 15.2. The van der Waals surface area contributed by atoms with Crippen molar-refractivity contribution < 1.29 is 0 Å². The van der Waals surface area contributed by atoms with Gasteiger partial charge in [-0.3, -0.25) is 0 Å². The molecule has 0 atom stereocenters. The minimum atomic E-state index is -0.340. The molecule has 570 valence electrons. The van der Waals surface area contributed by atoms with Crippen molar-refractivity contribution in [2.24, 2.45) is 0 Å². The second kappa shape index (κ2) is 30.2. The predicted molar refractivity (Wildman–Crippen MR) is 516 cm³/mol. The zero-order chi connectivity index (χ0) is 80.6. The molecule has 6 nitrogen and oxygen atoms in total. The molecule has 0 saturated heterocycles. The third-order valence-electron chi connectivity index (χ3n) is 24.9. The van der Waals surface area contributed by atoms with Crippen LogP contribution in [0.2, 0.25) is 0 Å². The van der Waals surface area contributed by atoms with Gasteiger partial charge in [0, 0.05) is 102 Å². The van der Waals surface area contributed by atoms with Crippen LogP contribution in [0, 0.1) is 0 Å². The van der Waals surface area contributed by atoms with E-state index in [4.69, 9.17) is 0 Å². The van der Waals surface area contributed by atoms with Crippen LogP contribution in [0.5, 0.6) is 0 Å². The summed E-state index contributed by atoms with van der Waals surface area (Å²) in [6, 6.07) is 176. The Morgan fingerprint density at radius 2 is 0.377 bits per heavy atom. The molecule has 0 aliphatic carbocycles. The van der Waals surface area contributed by atoms with Crippen molar-refractivity contribution >= 4 is 149 Å². The fourth-order valence-corrected chi connectivity index (χ4v) is 19.9. The van der Waals surface area contributed by atoms with Crippen LogP contribution in [0.3, 0.4) is 0 Å². The molecule has 0 radical (unpaired) electrons. The molecule has 0 aromatic heterocycles. The normalized spacial score (nSPS) is 12.5. The monoisotopic (exact) mass is 1550 g/mol. The number of rotatable bonds is 16. The highest BCUT2D eigenvalue weighted by Crippen LogP contribution is 2.57. The van der Waals surface area contributed by atoms with E-state index in [1.54, 1.807) is 0 Å². The first-order valence-corrected chi connectivity index (χ1v) is 42.1. The van der Waals surface area contributed by atoms with E-state index in [9.17, 15) is 0 Å². The van der Waals surface area contributed by atoms with E-state index in [-0.39, 0.29) is 13.4 Å². The van der Waals surface area contributed by atoms with Crippen molar-refractivity contribution in [3.8, 4) is 66.8 Å². The number of anilines is 18. The molecular formula is C114H78B2N6. The third-order valence-corrected chi connectivity index (χ3v) is 24.9. The first-order chi connectivity index (χ1) is 60.6. The van der Waals surface area contributed by atoms with Crippen LogP contribution in [0.1, 0.15) is 0 Å². The molecule has 23 rings (SSSR count). The summed E-state index contributed by atoms with van der Waals surface area (Å²) < 4.78 is 0. The molecular weight excluding hydrogens is 1470 g/mol. The maximum atomic E-state index is 2.69. The molecule has 8 heteroatoms. The highest BCUT2D eigenvalue weighted by molar-refractivity contribution is 7.03. The third kappa shape index (κ3) is 12.0. The van der Waals surface area contributed by atoms with E-state index in [1.807, 2.05) is 0 Å².